The van der Waals surface area contributed by atoms with Gasteiger partial charge in [-0.15, -0.1) is 0 Å². The largest absolute Gasteiger partial charge is 0.486 e. The fraction of sp³-hybridized carbons (Fsp3) is 0.300. The molecular weight excluding hydrogens is 353 g/mol. The van der Waals surface area contributed by atoms with Crippen molar-refractivity contribution < 1.29 is 28.2 Å². The molecular formula is C20H20FNO5. The first-order chi connectivity index (χ1) is 12.9. The molecule has 1 amide bonds. The Kier molecular flexibility index (Phi) is 5.59. The minimum atomic E-state index is -0.741. The molecule has 0 bridgehead atoms. The van der Waals surface area contributed by atoms with Crippen LogP contribution < -0.4 is 9.47 Å². The van der Waals surface area contributed by atoms with Crippen LogP contribution in [0.5, 0.6) is 11.5 Å². The molecule has 0 aromatic heterocycles. The van der Waals surface area contributed by atoms with E-state index >= 15 is 0 Å². The highest BCUT2D eigenvalue weighted by atomic mass is 19.1. The SMILES string of the molecule is Cc1ccc(C(=O)OCC(=O)N(C)Cc2ccc3c(c2)OCCO3)cc1F. The van der Waals surface area contributed by atoms with Crippen LogP contribution in [0.3, 0.4) is 0 Å². The summed E-state index contributed by atoms with van der Waals surface area (Å²) in [4.78, 5) is 25.6. The molecule has 1 aliphatic heterocycles. The number of hydrogen-bond acceptors (Lipinski definition) is 5. The van der Waals surface area contributed by atoms with Gasteiger partial charge in [0.25, 0.3) is 5.91 Å². The summed E-state index contributed by atoms with van der Waals surface area (Å²) in [5, 5.41) is 0. The van der Waals surface area contributed by atoms with Gasteiger partial charge in [0.2, 0.25) is 0 Å². The molecule has 0 unspecified atom stereocenters. The zero-order chi connectivity index (χ0) is 19.4. The van der Waals surface area contributed by atoms with E-state index in [2.05, 4.69) is 0 Å². The highest BCUT2D eigenvalue weighted by molar-refractivity contribution is 5.91. The van der Waals surface area contributed by atoms with Crippen LogP contribution in [0.25, 0.3) is 0 Å². The number of aryl methyl sites for hydroxylation is 1. The number of rotatable bonds is 5. The normalized spacial score (nSPS) is 12.4. The number of hydrogen-bond donors (Lipinski definition) is 0. The summed E-state index contributed by atoms with van der Waals surface area (Å²) in [6, 6.07) is 9.51. The van der Waals surface area contributed by atoms with E-state index in [1.807, 2.05) is 12.1 Å². The Balaban J connectivity index is 1.54. The number of ether oxygens (including phenoxy) is 3. The second-order valence-electron chi connectivity index (χ2n) is 6.27. The van der Waals surface area contributed by atoms with Gasteiger partial charge in [0, 0.05) is 13.6 Å². The van der Waals surface area contributed by atoms with E-state index in [-0.39, 0.29) is 11.5 Å². The maximum atomic E-state index is 13.5. The predicted molar refractivity (Wildman–Crippen MR) is 95.3 cm³/mol. The first-order valence-corrected chi connectivity index (χ1v) is 8.50. The zero-order valence-electron chi connectivity index (χ0n) is 15.2. The van der Waals surface area contributed by atoms with Crippen LogP contribution in [0.4, 0.5) is 4.39 Å². The molecule has 0 saturated heterocycles. The van der Waals surface area contributed by atoms with Crippen LogP contribution in [0.1, 0.15) is 21.5 Å². The average molecular weight is 373 g/mol. The lowest BCUT2D eigenvalue weighted by Gasteiger charge is -2.21. The van der Waals surface area contributed by atoms with Gasteiger partial charge in [-0.1, -0.05) is 12.1 Å². The number of benzene rings is 2. The summed E-state index contributed by atoms with van der Waals surface area (Å²) >= 11 is 0. The van der Waals surface area contributed by atoms with Gasteiger partial charge in [-0.05, 0) is 42.3 Å². The van der Waals surface area contributed by atoms with Crippen molar-refractivity contribution in [1.82, 2.24) is 4.90 Å². The van der Waals surface area contributed by atoms with E-state index in [0.29, 0.717) is 36.8 Å². The van der Waals surface area contributed by atoms with Crippen LogP contribution in [0.2, 0.25) is 0 Å². The highest BCUT2D eigenvalue weighted by Gasteiger charge is 2.17. The Morgan fingerprint density at radius 1 is 1.11 bits per heavy atom. The van der Waals surface area contributed by atoms with Crippen LogP contribution >= 0.6 is 0 Å². The molecule has 0 radical (unpaired) electrons. The molecule has 0 N–H and O–H groups in total. The molecule has 7 heteroatoms. The van der Waals surface area contributed by atoms with Gasteiger partial charge in [-0.25, -0.2) is 9.18 Å². The molecule has 0 saturated carbocycles. The van der Waals surface area contributed by atoms with Gasteiger partial charge < -0.3 is 19.1 Å². The summed E-state index contributed by atoms with van der Waals surface area (Å²) in [7, 11) is 1.61. The second kappa shape index (κ2) is 8.07. The summed E-state index contributed by atoms with van der Waals surface area (Å²) in [5.74, 6) is -0.280. The van der Waals surface area contributed by atoms with Crippen LogP contribution in [-0.4, -0.2) is 43.6 Å². The van der Waals surface area contributed by atoms with Crippen molar-refractivity contribution in [1.29, 1.82) is 0 Å². The van der Waals surface area contributed by atoms with Gasteiger partial charge in [-0.3, -0.25) is 4.79 Å². The standard InChI is InChI=1S/C20H20FNO5/c1-13-3-5-15(10-16(13)21)20(24)27-12-19(23)22(2)11-14-4-6-17-18(9-14)26-8-7-25-17/h3-6,9-10H,7-8,11-12H2,1-2H3. The summed E-state index contributed by atoms with van der Waals surface area (Å²) in [5.41, 5.74) is 1.37. The minimum absolute atomic E-state index is 0.0698. The van der Waals surface area contributed by atoms with Gasteiger partial charge >= 0.3 is 5.97 Å². The third-order valence-corrected chi connectivity index (χ3v) is 4.19. The lowest BCUT2D eigenvalue weighted by molar-refractivity contribution is -0.133. The molecule has 2 aromatic carbocycles. The van der Waals surface area contributed by atoms with E-state index in [1.165, 1.54) is 17.0 Å². The van der Waals surface area contributed by atoms with Crippen molar-refractivity contribution in [2.24, 2.45) is 0 Å². The fourth-order valence-electron chi connectivity index (χ4n) is 2.59. The lowest BCUT2D eigenvalue weighted by atomic mass is 10.1. The van der Waals surface area contributed by atoms with Gasteiger partial charge in [-0.2, -0.15) is 0 Å². The maximum Gasteiger partial charge on any atom is 0.338 e. The molecule has 2 aromatic rings. The second-order valence-corrected chi connectivity index (χ2v) is 6.27. The summed E-state index contributed by atoms with van der Waals surface area (Å²) in [6.45, 7) is 2.50. The smallest absolute Gasteiger partial charge is 0.338 e. The lowest BCUT2D eigenvalue weighted by Crippen LogP contribution is -2.31. The Hall–Kier alpha value is -3.09. The van der Waals surface area contributed by atoms with Crippen LogP contribution in [0.15, 0.2) is 36.4 Å². The van der Waals surface area contributed by atoms with Gasteiger partial charge in [0.1, 0.15) is 19.0 Å². The van der Waals surface area contributed by atoms with E-state index in [0.717, 1.165) is 11.6 Å². The average Bonchev–Trinajstić information content (AvgIpc) is 2.67. The van der Waals surface area contributed by atoms with Crippen LogP contribution in [0, 0.1) is 12.7 Å². The number of esters is 1. The van der Waals surface area contributed by atoms with Crippen LogP contribution in [-0.2, 0) is 16.1 Å². The minimum Gasteiger partial charge on any atom is -0.486 e. The molecule has 1 heterocycles. The third-order valence-electron chi connectivity index (χ3n) is 4.19. The van der Waals surface area contributed by atoms with Crippen molar-refractivity contribution in [2.45, 2.75) is 13.5 Å². The van der Waals surface area contributed by atoms with Gasteiger partial charge in [0.05, 0.1) is 5.56 Å². The number of carbonyl (C=O) groups excluding carboxylic acids is 2. The fourth-order valence-corrected chi connectivity index (χ4v) is 2.59. The molecule has 142 valence electrons. The molecule has 6 nitrogen and oxygen atoms in total. The summed E-state index contributed by atoms with van der Waals surface area (Å²) < 4.78 is 29.5. The number of carbonyl (C=O) groups is 2. The topological polar surface area (TPSA) is 65.1 Å². The molecule has 0 aliphatic carbocycles. The molecule has 0 spiro atoms. The molecule has 27 heavy (non-hydrogen) atoms. The Labute approximate surface area is 156 Å². The number of fused-ring (bicyclic) bond motifs is 1. The zero-order valence-corrected chi connectivity index (χ0v) is 15.2. The number of amides is 1. The Morgan fingerprint density at radius 3 is 2.59 bits per heavy atom. The number of nitrogens with zero attached hydrogens (tertiary/aromatic N) is 1. The molecule has 0 fully saturated rings. The molecule has 3 rings (SSSR count). The Bertz CT molecular complexity index is 867. The first kappa shape index (κ1) is 18.7. The van der Waals surface area contributed by atoms with E-state index in [4.69, 9.17) is 14.2 Å². The number of halogens is 1. The van der Waals surface area contributed by atoms with Crippen molar-refractivity contribution in [3.8, 4) is 11.5 Å². The molecule has 1 aliphatic rings. The van der Waals surface area contributed by atoms with Crippen molar-refractivity contribution in [2.75, 3.05) is 26.9 Å². The third kappa shape index (κ3) is 4.55. The predicted octanol–water partition coefficient (Wildman–Crippen LogP) is 2.72. The molecule has 0 atom stereocenters. The maximum absolute atomic E-state index is 13.5. The first-order valence-electron chi connectivity index (χ1n) is 8.50. The van der Waals surface area contributed by atoms with Crippen molar-refractivity contribution >= 4 is 11.9 Å². The van der Waals surface area contributed by atoms with Gasteiger partial charge in [0.15, 0.2) is 18.1 Å². The Morgan fingerprint density at radius 2 is 1.85 bits per heavy atom. The quantitative estimate of drug-likeness (QED) is 0.754. The van der Waals surface area contributed by atoms with E-state index in [1.54, 1.807) is 20.0 Å². The monoisotopic (exact) mass is 373 g/mol. The summed E-state index contributed by atoms with van der Waals surface area (Å²) in [6.07, 6.45) is 0. The van der Waals surface area contributed by atoms with Crippen molar-refractivity contribution in [3.05, 3.63) is 58.9 Å². The van der Waals surface area contributed by atoms with Crippen molar-refractivity contribution in [3.63, 3.8) is 0 Å². The van der Waals surface area contributed by atoms with E-state index < -0.39 is 18.4 Å². The number of likely N-dealkylation sites (N-methyl/N-ethyl adjacent to an activating group) is 1. The van der Waals surface area contributed by atoms with E-state index in [9.17, 15) is 14.0 Å². The highest BCUT2D eigenvalue weighted by Crippen LogP contribution is 2.31.